The molecule has 25 heavy (non-hydrogen) atoms. The highest BCUT2D eigenvalue weighted by Gasteiger charge is 2.33. The van der Waals surface area contributed by atoms with E-state index in [1.807, 2.05) is 5.09 Å². The molecule has 0 aliphatic heterocycles. The fraction of sp³-hybridized carbons (Fsp3) is 0.250. The third-order valence-electron chi connectivity index (χ3n) is 3.64. The Morgan fingerprint density at radius 2 is 1.64 bits per heavy atom. The lowest BCUT2D eigenvalue weighted by atomic mass is 9.96. The van der Waals surface area contributed by atoms with Crippen LogP contribution in [0.4, 0.5) is 5.69 Å². The molecular formula is C16H20NO7P. The summed E-state index contributed by atoms with van der Waals surface area (Å²) in [6, 6.07) is 10.2. The monoisotopic (exact) mass is 369 g/mol. The lowest BCUT2D eigenvalue weighted by Crippen LogP contribution is -2.26. The van der Waals surface area contributed by atoms with Gasteiger partial charge in [-0.05, 0) is 42.7 Å². The number of aromatic hydroxyl groups is 2. The molecule has 8 nitrogen and oxygen atoms in total. The summed E-state index contributed by atoms with van der Waals surface area (Å²) < 4.78 is 11.1. The second-order valence-electron chi connectivity index (χ2n) is 5.69. The van der Waals surface area contributed by atoms with Crippen LogP contribution in [0.5, 0.6) is 11.5 Å². The fourth-order valence-electron chi connectivity index (χ4n) is 2.54. The van der Waals surface area contributed by atoms with Crippen LogP contribution in [0.1, 0.15) is 24.0 Å². The quantitative estimate of drug-likeness (QED) is 0.288. The first-order chi connectivity index (χ1) is 11.6. The molecule has 0 unspecified atom stereocenters. The molecule has 0 aliphatic carbocycles. The summed E-state index contributed by atoms with van der Waals surface area (Å²) in [6.07, 6.45) is 0.626. The van der Waals surface area contributed by atoms with E-state index in [9.17, 15) is 25.0 Å². The number of phenols is 2. The highest BCUT2D eigenvalue weighted by atomic mass is 31.2. The van der Waals surface area contributed by atoms with Gasteiger partial charge in [0.05, 0.1) is 11.3 Å². The molecule has 7 N–H and O–H groups in total. The summed E-state index contributed by atoms with van der Waals surface area (Å²) in [5.74, 6) is -2.85. The number of rotatable bonds is 7. The van der Waals surface area contributed by atoms with Gasteiger partial charge in [0.25, 0.3) is 0 Å². The number of nitrogens with one attached hydrogen (secondary N) is 1. The molecule has 0 atom stereocenters. The van der Waals surface area contributed by atoms with E-state index >= 15 is 0 Å². The number of aryl methyl sites for hydroxylation is 1. The van der Waals surface area contributed by atoms with E-state index in [1.165, 1.54) is 30.3 Å². The van der Waals surface area contributed by atoms with E-state index in [4.69, 9.17) is 9.79 Å². The smallest absolute Gasteiger partial charge is 0.427 e. The third kappa shape index (κ3) is 5.45. The van der Waals surface area contributed by atoms with E-state index < -0.39 is 24.8 Å². The minimum atomic E-state index is -4.69. The molecule has 136 valence electrons. The average Bonchev–Trinajstić information content (AvgIpc) is 2.47. The van der Waals surface area contributed by atoms with Crippen LogP contribution in [0.3, 0.4) is 0 Å². The van der Waals surface area contributed by atoms with Crippen LogP contribution in [-0.2, 0) is 16.8 Å². The van der Waals surface area contributed by atoms with Crippen molar-refractivity contribution in [1.82, 2.24) is 0 Å². The Morgan fingerprint density at radius 3 is 2.24 bits per heavy atom. The standard InChI is InChI=1S/C16H20NO7P/c18-12-8-6-11(7-9-12)3-2-10-16(20,21)15-13(17-25(22,23)24)4-1-5-14(15)19/h1,4-9,18-21H,2-3,10H2,(H3,17,22,23,24). The Morgan fingerprint density at radius 1 is 1.00 bits per heavy atom. The number of phenolic OH excluding ortho intramolecular Hbond substituents is 2. The first kappa shape index (κ1) is 19.2. The molecule has 0 bridgehead atoms. The molecule has 9 heteroatoms. The normalized spacial score (nSPS) is 12.2. The van der Waals surface area contributed by atoms with E-state index in [-0.39, 0.29) is 17.9 Å². The van der Waals surface area contributed by atoms with Gasteiger partial charge in [-0.25, -0.2) is 4.57 Å². The van der Waals surface area contributed by atoms with E-state index in [1.54, 1.807) is 12.1 Å². The Hall–Kier alpha value is -2.09. The van der Waals surface area contributed by atoms with Gasteiger partial charge in [-0.15, -0.1) is 0 Å². The third-order valence-corrected chi connectivity index (χ3v) is 4.17. The second kappa shape index (κ2) is 7.43. The summed E-state index contributed by atoms with van der Waals surface area (Å²) >= 11 is 0. The van der Waals surface area contributed by atoms with Crippen molar-refractivity contribution in [3.05, 3.63) is 53.6 Å². The summed E-state index contributed by atoms with van der Waals surface area (Å²) in [4.78, 5) is 18.1. The number of benzene rings is 2. The minimum Gasteiger partial charge on any atom is -0.508 e. The van der Waals surface area contributed by atoms with Crippen LogP contribution >= 0.6 is 7.75 Å². The Kier molecular flexibility index (Phi) is 5.72. The van der Waals surface area contributed by atoms with Crippen LogP contribution in [0, 0.1) is 0 Å². The van der Waals surface area contributed by atoms with Gasteiger partial charge in [0, 0.05) is 6.42 Å². The molecule has 2 rings (SSSR count). The number of anilines is 1. The van der Waals surface area contributed by atoms with Crippen LogP contribution in [0.2, 0.25) is 0 Å². The van der Waals surface area contributed by atoms with Gasteiger partial charge in [0.1, 0.15) is 11.5 Å². The minimum absolute atomic E-state index is 0.129. The zero-order valence-corrected chi connectivity index (χ0v) is 14.1. The van der Waals surface area contributed by atoms with E-state index in [0.717, 1.165) is 5.56 Å². The topological polar surface area (TPSA) is 150 Å². The van der Waals surface area contributed by atoms with Crippen molar-refractivity contribution < 1.29 is 34.8 Å². The summed E-state index contributed by atoms with van der Waals surface area (Å²) in [5, 5.41) is 41.7. The van der Waals surface area contributed by atoms with Crippen molar-refractivity contribution in [2.24, 2.45) is 0 Å². The van der Waals surface area contributed by atoms with Crippen molar-refractivity contribution in [2.45, 2.75) is 25.0 Å². The van der Waals surface area contributed by atoms with Crippen molar-refractivity contribution in [2.75, 3.05) is 5.09 Å². The van der Waals surface area contributed by atoms with Gasteiger partial charge in [0.2, 0.25) is 0 Å². The van der Waals surface area contributed by atoms with E-state index in [0.29, 0.717) is 12.8 Å². The van der Waals surface area contributed by atoms with Crippen LogP contribution in [-0.4, -0.2) is 30.2 Å². The Balaban J connectivity index is 2.15. The number of hydrogen-bond donors (Lipinski definition) is 7. The van der Waals surface area contributed by atoms with Gasteiger partial charge < -0.3 is 30.2 Å². The molecular weight excluding hydrogens is 349 g/mol. The lowest BCUT2D eigenvalue weighted by Gasteiger charge is -2.26. The number of hydrogen-bond acceptors (Lipinski definition) is 5. The van der Waals surface area contributed by atoms with Crippen molar-refractivity contribution >= 4 is 13.4 Å². The molecule has 0 spiro atoms. The first-order valence-electron chi connectivity index (χ1n) is 7.47. The Bertz CT molecular complexity index is 771. The molecule has 0 amide bonds. The number of aliphatic hydroxyl groups is 2. The van der Waals surface area contributed by atoms with Gasteiger partial charge >= 0.3 is 7.75 Å². The zero-order valence-electron chi connectivity index (χ0n) is 13.2. The highest BCUT2D eigenvalue weighted by Crippen LogP contribution is 2.43. The van der Waals surface area contributed by atoms with Crippen LogP contribution in [0.15, 0.2) is 42.5 Å². The van der Waals surface area contributed by atoms with E-state index in [2.05, 4.69) is 0 Å². The van der Waals surface area contributed by atoms with Crippen LogP contribution in [0.25, 0.3) is 0 Å². The molecule has 0 heterocycles. The van der Waals surface area contributed by atoms with Gasteiger partial charge in [0.15, 0.2) is 5.79 Å². The molecule has 0 aromatic heterocycles. The Labute approximate surface area is 144 Å². The molecule has 2 aromatic rings. The maximum absolute atomic E-state index is 11.1. The largest absolute Gasteiger partial charge is 0.508 e. The second-order valence-corrected chi connectivity index (χ2v) is 7.00. The molecule has 0 radical (unpaired) electrons. The maximum atomic E-state index is 11.1. The predicted molar refractivity (Wildman–Crippen MR) is 90.9 cm³/mol. The van der Waals surface area contributed by atoms with Gasteiger partial charge in [-0.3, -0.25) is 5.09 Å². The summed E-state index contributed by atoms with van der Waals surface area (Å²) in [5.41, 5.74) is 0.214. The molecule has 0 saturated heterocycles. The predicted octanol–water partition coefficient (Wildman–Crippen LogP) is 1.76. The first-order valence-corrected chi connectivity index (χ1v) is 9.09. The lowest BCUT2D eigenvalue weighted by molar-refractivity contribution is -0.175. The van der Waals surface area contributed by atoms with Gasteiger partial charge in [-0.1, -0.05) is 18.2 Å². The summed E-state index contributed by atoms with van der Waals surface area (Å²) in [6.45, 7) is 0. The fourth-order valence-corrected chi connectivity index (χ4v) is 3.04. The molecule has 0 fully saturated rings. The molecule has 0 saturated carbocycles. The van der Waals surface area contributed by atoms with Crippen LogP contribution < -0.4 is 5.09 Å². The average molecular weight is 369 g/mol. The van der Waals surface area contributed by atoms with Crippen molar-refractivity contribution in [3.8, 4) is 11.5 Å². The van der Waals surface area contributed by atoms with Crippen molar-refractivity contribution in [1.29, 1.82) is 0 Å². The highest BCUT2D eigenvalue weighted by molar-refractivity contribution is 7.53. The molecule has 2 aromatic carbocycles. The maximum Gasteiger partial charge on any atom is 0.427 e. The SMILES string of the molecule is O=P(O)(O)Nc1cccc(O)c1C(O)(O)CCCc1ccc(O)cc1. The summed E-state index contributed by atoms with van der Waals surface area (Å²) in [7, 11) is -4.69. The van der Waals surface area contributed by atoms with Gasteiger partial charge in [-0.2, -0.15) is 0 Å². The zero-order chi connectivity index (χ0) is 18.7. The van der Waals surface area contributed by atoms with Crippen molar-refractivity contribution in [3.63, 3.8) is 0 Å². The molecule has 0 aliphatic rings.